The summed E-state index contributed by atoms with van der Waals surface area (Å²) < 4.78 is 0. The molecule has 1 heterocycles. The molecule has 2 aliphatic rings. The number of hydrogen-bond acceptors (Lipinski definition) is 2. The summed E-state index contributed by atoms with van der Waals surface area (Å²) in [6.45, 7) is 0. The zero-order valence-corrected chi connectivity index (χ0v) is 12.4. The highest BCUT2D eigenvalue weighted by Gasteiger charge is 2.21. The third-order valence-electron chi connectivity index (χ3n) is 3.35. The number of rotatable bonds is 2. The molecule has 0 saturated carbocycles. The summed E-state index contributed by atoms with van der Waals surface area (Å²) in [7, 11) is 0. The van der Waals surface area contributed by atoms with E-state index in [2.05, 4.69) is 11.1 Å². The molecule has 1 aliphatic heterocycles. The Hall–Kier alpha value is -2.08. The topological polar surface area (TPSA) is 36.1 Å². The average molecular weight is 313 g/mol. The van der Waals surface area contributed by atoms with Crippen molar-refractivity contribution in [2.24, 2.45) is 4.99 Å². The van der Waals surface area contributed by atoms with Crippen molar-refractivity contribution in [3.63, 3.8) is 0 Å². The van der Waals surface area contributed by atoms with Gasteiger partial charge in [0.2, 0.25) is 0 Å². The molecular weight excluding hydrogens is 303 g/mol. The number of hydrogen-bond donors (Lipinski definition) is 0. The van der Waals surface area contributed by atoms with Gasteiger partial charge in [-0.2, -0.15) is 5.26 Å². The van der Waals surface area contributed by atoms with Crippen molar-refractivity contribution >= 4 is 35.5 Å². The van der Waals surface area contributed by atoms with Crippen LogP contribution < -0.4 is 0 Å². The van der Waals surface area contributed by atoms with Crippen molar-refractivity contribution in [2.75, 3.05) is 0 Å². The van der Waals surface area contributed by atoms with E-state index in [1.165, 1.54) is 0 Å². The van der Waals surface area contributed by atoms with Crippen LogP contribution >= 0.6 is 23.2 Å². The lowest BCUT2D eigenvalue weighted by Crippen LogP contribution is -2.03. The molecule has 1 aliphatic carbocycles. The molecule has 1 atom stereocenters. The van der Waals surface area contributed by atoms with Gasteiger partial charge < -0.3 is 0 Å². The zero-order valence-electron chi connectivity index (χ0n) is 10.9. The summed E-state index contributed by atoms with van der Waals surface area (Å²) in [5.41, 5.74) is 3.18. The largest absolute Gasteiger partial charge is 0.280 e. The van der Waals surface area contributed by atoms with Crippen LogP contribution in [-0.4, -0.2) is 12.3 Å². The van der Waals surface area contributed by atoms with Crippen molar-refractivity contribution in [3.8, 4) is 6.07 Å². The van der Waals surface area contributed by atoms with E-state index in [0.29, 0.717) is 15.6 Å². The first kappa shape index (κ1) is 13.9. The highest BCUT2D eigenvalue weighted by molar-refractivity contribution is 6.35. The number of nitriles is 1. The molecule has 3 rings (SSSR count). The van der Waals surface area contributed by atoms with Crippen LogP contribution in [0.2, 0.25) is 10.0 Å². The Bertz CT molecular complexity index is 789. The van der Waals surface area contributed by atoms with E-state index in [-0.39, 0.29) is 6.04 Å². The Kier molecular flexibility index (Phi) is 3.79. The number of aliphatic imine (C=N–C) groups is 1. The molecule has 0 fully saturated rings. The molecule has 1 aromatic rings. The van der Waals surface area contributed by atoms with E-state index in [1.807, 2.05) is 24.3 Å². The molecule has 102 valence electrons. The van der Waals surface area contributed by atoms with Crippen LogP contribution in [0.3, 0.4) is 0 Å². The standard InChI is InChI=1S/C17H10Cl2N2/c18-13-6-5-11(16(19)8-13)7-12(9-20)15-10-21-17-4-2-1-3-14(15)17/h1-8,10,17H/b12-7+. The summed E-state index contributed by atoms with van der Waals surface area (Å²) in [5, 5.41) is 10.5. The Morgan fingerprint density at radius 2 is 2.14 bits per heavy atom. The van der Waals surface area contributed by atoms with Gasteiger partial charge in [0.05, 0.1) is 17.7 Å². The predicted molar refractivity (Wildman–Crippen MR) is 87.6 cm³/mol. The molecular formula is C17H10Cl2N2. The van der Waals surface area contributed by atoms with E-state index in [0.717, 1.165) is 16.7 Å². The molecule has 0 amide bonds. The van der Waals surface area contributed by atoms with Gasteiger partial charge in [0.1, 0.15) is 0 Å². The fraction of sp³-hybridized carbons (Fsp3) is 0.0588. The molecule has 2 nitrogen and oxygen atoms in total. The fourth-order valence-corrected chi connectivity index (χ4v) is 2.77. The van der Waals surface area contributed by atoms with Crippen LogP contribution in [0.1, 0.15) is 5.56 Å². The molecule has 21 heavy (non-hydrogen) atoms. The number of halogens is 2. The third-order valence-corrected chi connectivity index (χ3v) is 3.91. The van der Waals surface area contributed by atoms with Gasteiger partial charge >= 0.3 is 0 Å². The maximum atomic E-state index is 9.46. The lowest BCUT2D eigenvalue weighted by molar-refractivity contribution is 0.998. The first-order valence-corrected chi connectivity index (χ1v) is 7.14. The molecule has 0 spiro atoms. The molecule has 0 N–H and O–H groups in total. The normalized spacial score (nSPS) is 19.9. The molecule has 0 radical (unpaired) electrons. The van der Waals surface area contributed by atoms with Crippen molar-refractivity contribution in [2.45, 2.75) is 6.04 Å². The maximum Gasteiger partial charge on any atom is 0.0998 e. The van der Waals surface area contributed by atoms with Crippen LogP contribution in [0.25, 0.3) is 6.08 Å². The fourth-order valence-electron chi connectivity index (χ4n) is 2.31. The van der Waals surface area contributed by atoms with Crippen molar-refractivity contribution < 1.29 is 0 Å². The summed E-state index contributed by atoms with van der Waals surface area (Å²) >= 11 is 12.0. The Morgan fingerprint density at radius 1 is 1.29 bits per heavy atom. The van der Waals surface area contributed by atoms with E-state index < -0.39 is 0 Å². The van der Waals surface area contributed by atoms with Crippen LogP contribution in [-0.2, 0) is 0 Å². The predicted octanol–water partition coefficient (Wildman–Crippen LogP) is 4.78. The second-order valence-corrected chi connectivity index (χ2v) is 5.52. The Balaban J connectivity index is 2.06. The number of allylic oxidation sites excluding steroid dienone is 4. The molecule has 0 bridgehead atoms. The SMILES string of the molecule is N#C/C(=C\c1ccc(Cl)cc1Cl)C1=C2C=CC=CC2N=C1. The smallest absolute Gasteiger partial charge is 0.0998 e. The summed E-state index contributed by atoms with van der Waals surface area (Å²) in [6, 6.07) is 7.46. The van der Waals surface area contributed by atoms with Gasteiger partial charge in [-0.15, -0.1) is 0 Å². The van der Waals surface area contributed by atoms with Crippen LogP contribution in [0, 0.1) is 11.3 Å². The maximum absolute atomic E-state index is 9.46. The quantitative estimate of drug-likeness (QED) is 0.724. The first-order valence-electron chi connectivity index (χ1n) is 6.38. The second kappa shape index (κ2) is 5.73. The minimum atomic E-state index is 0.0161. The second-order valence-electron chi connectivity index (χ2n) is 4.67. The molecule has 4 heteroatoms. The first-order chi connectivity index (χ1) is 10.2. The van der Waals surface area contributed by atoms with Crippen LogP contribution in [0.4, 0.5) is 0 Å². The number of fused-ring (bicyclic) bond motifs is 1. The number of benzene rings is 1. The summed E-state index contributed by atoms with van der Waals surface area (Å²) in [5.74, 6) is 0. The van der Waals surface area contributed by atoms with Crippen LogP contribution in [0.15, 0.2) is 64.2 Å². The third kappa shape index (κ3) is 2.71. The average Bonchev–Trinajstić information content (AvgIpc) is 2.91. The highest BCUT2D eigenvalue weighted by atomic mass is 35.5. The van der Waals surface area contributed by atoms with E-state index in [1.54, 1.807) is 30.5 Å². The Morgan fingerprint density at radius 3 is 2.90 bits per heavy atom. The lowest BCUT2D eigenvalue weighted by atomic mass is 9.95. The van der Waals surface area contributed by atoms with Crippen LogP contribution in [0.5, 0.6) is 0 Å². The minimum Gasteiger partial charge on any atom is -0.280 e. The Labute approximate surface area is 133 Å². The van der Waals surface area contributed by atoms with Gasteiger partial charge in [-0.3, -0.25) is 4.99 Å². The van der Waals surface area contributed by atoms with E-state index in [9.17, 15) is 5.26 Å². The van der Waals surface area contributed by atoms with E-state index in [4.69, 9.17) is 23.2 Å². The van der Waals surface area contributed by atoms with Crippen molar-refractivity contribution in [1.29, 1.82) is 5.26 Å². The van der Waals surface area contributed by atoms with Gasteiger partial charge in [0.15, 0.2) is 0 Å². The summed E-state index contributed by atoms with van der Waals surface area (Å²) in [4.78, 5) is 4.40. The zero-order chi connectivity index (χ0) is 14.8. The van der Waals surface area contributed by atoms with E-state index >= 15 is 0 Å². The lowest BCUT2D eigenvalue weighted by Gasteiger charge is -2.09. The minimum absolute atomic E-state index is 0.0161. The van der Waals surface area contributed by atoms with Crippen molar-refractivity contribution in [3.05, 3.63) is 74.8 Å². The summed E-state index contributed by atoms with van der Waals surface area (Å²) in [6.07, 6.45) is 11.4. The van der Waals surface area contributed by atoms with Gasteiger partial charge in [-0.25, -0.2) is 0 Å². The van der Waals surface area contributed by atoms with Gasteiger partial charge in [0.25, 0.3) is 0 Å². The molecule has 1 aromatic carbocycles. The van der Waals surface area contributed by atoms with Gasteiger partial charge in [0, 0.05) is 21.8 Å². The monoisotopic (exact) mass is 312 g/mol. The van der Waals surface area contributed by atoms with Gasteiger partial charge in [-0.1, -0.05) is 53.6 Å². The molecule has 1 unspecified atom stereocenters. The van der Waals surface area contributed by atoms with Gasteiger partial charge in [-0.05, 0) is 29.3 Å². The molecule has 0 saturated heterocycles. The highest BCUT2D eigenvalue weighted by Crippen LogP contribution is 2.30. The molecule has 0 aromatic heterocycles. The number of nitrogens with zero attached hydrogens (tertiary/aromatic N) is 2. The van der Waals surface area contributed by atoms with Crippen molar-refractivity contribution in [1.82, 2.24) is 0 Å².